The van der Waals surface area contributed by atoms with Gasteiger partial charge in [-0.15, -0.1) is 0 Å². The first-order valence-electron chi connectivity index (χ1n) is 5.49. The number of benzene rings is 1. The monoisotopic (exact) mass is 299 g/mol. The van der Waals surface area contributed by atoms with Crippen LogP contribution in [-0.2, 0) is 10.0 Å². The van der Waals surface area contributed by atoms with Gasteiger partial charge in [-0.05, 0) is 24.6 Å². The molecule has 0 bridgehead atoms. The highest BCUT2D eigenvalue weighted by atomic mass is 32.2. The highest BCUT2D eigenvalue weighted by Crippen LogP contribution is 2.22. The summed E-state index contributed by atoms with van der Waals surface area (Å²) in [7, 11) is -4.06. The van der Waals surface area contributed by atoms with Crippen LogP contribution in [0.25, 0.3) is 0 Å². The Labute approximate surface area is 114 Å². The van der Waals surface area contributed by atoms with Gasteiger partial charge in [0.1, 0.15) is 17.5 Å². The summed E-state index contributed by atoms with van der Waals surface area (Å²) in [6.45, 7) is 1.38. The van der Waals surface area contributed by atoms with E-state index in [1.165, 1.54) is 19.2 Å². The minimum absolute atomic E-state index is 0.00318. The second-order valence-corrected chi connectivity index (χ2v) is 5.79. The van der Waals surface area contributed by atoms with Crippen LogP contribution in [0.5, 0.6) is 0 Å². The second kappa shape index (κ2) is 5.04. The van der Waals surface area contributed by atoms with Crippen molar-refractivity contribution in [3.05, 3.63) is 47.7 Å². The molecule has 1 aromatic carbocycles. The number of nitrogen functional groups attached to an aromatic ring is 1. The molecule has 0 aliphatic heterocycles. The third kappa shape index (κ3) is 2.85. The van der Waals surface area contributed by atoms with Crippen molar-refractivity contribution in [2.75, 3.05) is 10.5 Å². The van der Waals surface area contributed by atoms with E-state index in [1.54, 1.807) is 0 Å². The summed E-state index contributed by atoms with van der Waals surface area (Å²) in [6, 6.07) is 4.01. The lowest BCUT2D eigenvalue weighted by atomic mass is 10.2. The molecule has 8 heteroatoms. The molecule has 0 aliphatic carbocycles. The molecule has 2 aromatic rings. The molecule has 1 aromatic heterocycles. The number of hydrogen-bond donors (Lipinski definition) is 2. The Hall–Kier alpha value is -2.22. The van der Waals surface area contributed by atoms with E-state index in [4.69, 9.17) is 5.73 Å². The summed E-state index contributed by atoms with van der Waals surface area (Å²) in [5, 5.41) is 0. The van der Waals surface area contributed by atoms with Crippen LogP contribution in [0.3, 0.4) is 0 Å². The van der Waals surface area contributed by atoms with Gasteiger partial charge in [0.2, 0.25) is 0 Å². The van der Waals surface area contributed by atoms with Crippen molar-refractivity contribution in [3.8, 4) is 0 Å². The highest BCUT2D eigenvalue weighted by molar-refractivity contribution is 7.92. The molecule has 0 aliphatic rings. The van der Waals surface area contributed by atoms with Crippen molar-refractivity contribution in [1.82, 2.24) is 4.98 Å². The minimum atomic E-state index is -4.06. The number of nitrogens with zero attached hydrogens (tertiary/aromatic N) is 1. The molecule has 0 spiro atoms. The Kier molecular flexibility index (Phi) is 3.58. The summed E-state index contributed by atoms with van der Waals surface area (Å²) >= 11 is 0. The first kappa shape index (κ1) is 14.2. The fourth-order valence-electron chi connectivity index (χ4n) is 1.52. The SMILES string of the molecule is Cc1cc(F)c(NS(=O)(=O)c2ccnc(N)c2)cc1F. The molecule has 20 heavy (non-hydrogen) atoms. The number of pyridine rings is 1. The quantitative estimate of drug-likeness (QED) is 0.908. The predicted molar refractivity (Wildman–Crippen MR) is 70.6 cm³/mol. The molecule has 0 radical (unpaired) electrons. The third-order valence-corrected chi connectivity index (χ3v) is 3.92. The van der Waals surface area contributed by atoms with Crippen LogP contribution in [0, 0.1) is 18.6 Å². The van der Waals surface area contributed by atoms with Gasteiger partial charge in [-0.2, -0.15) is 0 Å². The molecule has 0 saturated heterocycles. The summed E-state index contributed by atoms with van der Waals surface area (Å²) in [5.74, 6) is -1.57. The number of rotatable bonds is 3. The number of nitrogens with two attached hydrogens (primary N) is 1. The standard InChI is InChI=1S/C12H11F2N3O2S/c1-7-4-10(14)11(6-9(7)13)17-20(18,19)8-2-3-16-12(15)5-8/h2-6,17H,1H3,(H2,15,16). The van der Waals surface area contributed by atoms with Gasteiger partial charge in [0, 0.05) is 18.3 Å². The van der Waals surface area contributed by atoms with E-state index in [0.29, 0.717) is 0 Å². The van der Waals surface area contributed by atoms with E-state index in [2.05, 4.69) is 4.98 Å². The Morgan fingerprint density at radius 1 is 1.20 bits per heavy atom. The van der Waals surface area contributed by atoms with E-state index in [-0.39, 0.29) is 16.3 Å². The van der Waals surface area contributed by atoms with Gasteiger partial charge in [-0.3, -0.25) is 4.72 Å². The lowest BCUT2D eigenvalue weighted by Crippen LogP contribution is -2.15. The molecule has 1 heterocycles. The number of halogens is 2. The summed E-state index contributed by atoms with van der Waals surface area (Å²) in [5.41, 5.74) is 5.00. The number of hydrogen-bond acceptors (Lipinski definition) is 4. The maximum atomic E-state index is 13.6. The zero-order valence-electron chi connectivity index (χ0n) is 10.4. The van der Waals surface area contributed by atoms with Crippen LogP contribution in [0.4, 0.5) is 20.3 Å². The van der Waals surface area contributed by atoms with Gasteiger partial charge in [0.15, 0.2) is 0 Å². The van der Waals surface area contributed by atoms with Gasteiger partial charge < -0.3 is 5.73 Å². The predicted octanol–water partition coefficient (Wildman–Crippen LogP) is 2.05. The maximum absolute atomic E-state index is 13.6. The largest absolute Gasteiger partial charge is 0.384 e. The van der Waals surface area contributed by atoms with Crippen LogP contribution >= 0.6 is 0 Å². The van der Waals surface area contributed by atoms with Crippen LogP contribution in [0.2, 0.25) is 0 Å². The first-order valence-corrected chi connectivity index (χ1v) is 6.98. The van der Waals surface area contributed by atoms with Gasteiger partial charge in [-0.25, -0.2) is 22.2 Å². The molecular weight excluding hydrogens is 288 g/mol. The zero-order chi connectivity index (χ0) is 14.9. The second-order valence-electron chi connectivity index (χ2n) is 4.10. The average Bonchev–Trinajstić information content (AvgIpc) is 2.36. The van der Waals surface area contributed by atoms with Crippen LogP contribution in [0.1, 0.15) is 5.56 Å². The molecule has 2 rings (SSSR count). The molecule has 0 atom stereocenters. The number of nitrogens with one attached hydrogen (secondary N) is 1. The summed E-state index contributed by atoms with van der Waals surface area (Å²) in [4.78, 5) is 3.47. The number of sulfonamides is 1. The molecule has 0 unspecified atom stereocenters. The van der Waals surface area contributed by atoms with Crippen LogP contribution < -0.4 is 10.5 Å². The van der Waals surface area contributed by atoms with E-state index in [0.717, 1.165) is 18.2 Å². The highest BCUT2D eigenvalue weighted by Gasteiger charge is 2.18. The number of aromatic nitrogens is 1. The third-order valence-electron chi connectivity index (χ3n) is 2.56. The van der Waals surface area contributed by atoms with Crippen molar-refractivity contribution >= 4 is 21.5 Å². The molecule has 0 fully saturated rings. The summed E-state index contributed by atoms with van der Waals surface area (Å²) in [6.07, 6.45) is 1.20. The van der Waals surface area contributed by atoms with E-state index in [9.17, 15) is 17.2 Å². The fraction of sp³-hybridized carbons (Fsp3) is 0.0833. The van der Waals surface area contributed by atoms with Crippen molar-refractivity contribution in [2.24, 2.45) is 0 Å². The van der Waals surface area contributed by atoms with Crippen molar-refractivity contribution in [2.45, 2.75) is 11.8 Å². The maximum Gasteiger partial charge on any atom is 0.262 e. The lowest BCUT2D eigenvalue weighted by molar-refractivity contribution is 0.590. The first-order chi connectivity index (χ1) is 9.29. The van der Waals surface area contributed by atoms with Gasteiger partial charge in [0.25, 0.3) is 10.0 Å². The molecule has 5 nitrogen and oxygen atoms in total. The van der Waals surface area contributed by atoms with Crippen molar-refractivity contribution < 1.29 is 17.2 Å². The normalized spacial score (nSPS) is 11.3. The lowest BCUT2D eigenvalue weighted by Gasteiger charge is -2.10. The Balaban J connectivity index is 2.41. The molecule has 3 N–H and O–H groups in total. The molecule has 106 valence electrons. The van der Waals surface area contributed by atoms with Crippen molar-refractivity contribution in [3.63, 3.8) is 0 Å². The zero-order valence-corrected chi connectivity index (χ0v) is 11.2. The van der Waals surface area contributed by atoms with Crippen molar-refractivity contribution in [1.29, 1.82) is 0 Å². The van der Waals surface area contributed by atoms with E-state index < -0.39 is 27.3 Å². The Morgan fingerprint density at radius 2 is 1.90 bits per heavy atom. The average molecular weight is 299 g/mol. The number of anilines is 2. The fourth-order valence-corrected chi connectivity index (χ4v) is 2.60. The minimum Gasteiger partial charge on any atom is -0.384 e. The van der Waals surface area contributed by atoms with Gasteiger partial charge >= 0.3 is 0 Å². The van der Waals surface area contributed by atoms with Gasteiger partial charge in [-0.1, -0.05) is 0 Å². The smallest absolute Gasteiger partial charge is 0.262 e. The molecule has 0 amide bonds. The van der Waals surface area contributed by atoms with E-state index in [1.807, 2.05) is 4.72 Å². The van der Waals surface area contributed by atoms with Crippen LogP contribution in [0.15, 0.2) is 35.4 Å². The molecule has 0 saturated carbocycles. The Bertz CT molecular complexity index is 763. The van der Waals surface area contributed by atoms with E-state index >= 15 is 0 Å². The number of aryl methyl sites for hydroxylation is 1. The Morgan fingerprint density at radius 3 is 2.55 bits per heavy atom. The molecular formula is C12H11F2N3O2S. The van der Waals surface area contributed by atoms with Crippen LogP contribution in [-0.4, -0.2) is 13.4 Å². The topological polar surface area (TPSA) is 85.1 Å². The van der Waals surface area contributed by atoms with Gasteiger partial charge in [0.05, 0.1) is 10.6 Å². The summed E-state index contributed by atoms with van der Waals surface area (Å²) < 4.78 is 53.0.